The number of aliphatic hydroxyl groups is 1. The number of carboxylic acids is 1. The molecular formula is C13H15NO5. The second-order valence-corrected chi connectivity index (χ2v) is 4.22. The summed E-state index contributed by atoms with van der Waals surface area (Å²) in [5.41, 5.74) is 0.699. The van der Waals surface area contributed by atoms with Gasteiger partial charge in [0.25, 0.3) is 5.91 Å². The Kier molecular flexibility index (Phi) is 4.13. The summed E-state index contributed by atoms with van der Waals surface area (Å²) < 4.78 is 5.24. The quantitative estimate of drug-likeness (QED) is 0.809. The summed E-state index contributed by atoms with van der Waals surface area (Å²) >= 11 is 0. The van der Waals surface area contributed by atoms with Gasteiger partial charge in [0.2, 0.25) is 0 Å². The van der Waals surface area contributed by atoms with Crippen molar-refractivity contribution >= 4 is 17.6 Å². The van der Waals surface area contributed by atoms with Gasteiger partial charge in [-0.1, -0.05) is 6.07 Å². The number of carboxylic acid groups (broad SMARTS) is 1. The van der Waals surface area contributed by atoms with Crippen molar-refractivity contribution in [2.24, 2.45) is 0 Å². The van der Waals surface area contributed by atoms with Crippen molar-refractivity contribution in [2.45, 2.75) is 12.5 Å². The number of benzene rings is 1. The van der Waals surface area contributed by atoms with Crippen molar-refractivity contribution in [3.63, 3.8) is 0 Å². The lowest BCUT2D eigenvalue weighted by Crippen LogP contribution is -2.31. The Balaban J connectivity index is 2.13. The Morgan fingerprint density at radius 3 is 2.95 bits per heavy atom. The molecule has 2 N–H and O–H groups in total. The summed E-state index contributed by atoms with van der Waals surface area (Å²) in [6.07, 6.45) is -0.0171. The first-order valence-corrected chi connectivity index (χ1v) is 6.00. The van der Waals surface area contributed by atoms with E-state index in [9.17, 15) is 9.59 Å². The molecular weight excluding hydrogens is 250 g/mol. The molecule has 0 radical (unpaired) electrons. The molecule has 1 amide bonds. The van der Waals surface area contributed by atoms with E-state index in [2.05, 4.69) is 0 Å². The van der Waals surface area contributed by atoms with E-state index in [1.54, 1.807) is 12.1 Å². The second kappa shape index (κ2) is 5.81. The first-order valence-electron chi connectivity index (χ1n) is 6.00. The van der Waals surface area contributed by atoms with Crippen molar-refractivity contribution < 1.29 is 24.5 Å². The smallest absolute Gasteiger partial charge is 0.335 e. The normalized spacial score (nSPS) is 18.9. The Labute approximate surface area is 110 Å². The fourth-order valence-electron chi connectivity index (χ4n) is 2.07. The van der Waals surface area contributed by atoms with E-state index >= 15 is 0 Å². The average molecular weight is 265 g/mol. The fraction of sp³-hybridized carbons (Fsp3) is 0.385. The molecule has 1 unspecified atom stereocenters. The van der Waals surface area contributed by atoms with Gasteiger partial charge in [0.1, 0.15) is 6.10 Å². The highest BCUT2D eigenvalue weighted by Gasteiger charge is 2.33. The molecule has 0 saturated carbocycles. The number of aromatic carboxylic acids is 1. The maximum absolute atomic E-state index is 12.1. The van der Waals surface area contributed by atoms with Crippen LogP contribution >= 0.6 is 0 Å². The van der Waals surface area contributed by atoms with E-state index in [1.807, 2.05) is 0 Å². The molecule has 19 heavy (non-hydrogen) atoms. The van der Waals surface area contributed by atoms with E-state index in [-0.39, 0.29) is 24.7 Å². The van der Waals surface area contributed by atoms with Crippen LogP contribution in [0.1, 0.15) is 16.8 Å². The summed E-state index contributed by atoms with van der Waals surface area (Å²) in [7, 11) is 0. The topological polar surface area (TPSA) is 87.1 Å². The van der Waals surface area contributed by atoms with Gasteiger partial charge in [-0.25, -0.2) is 4.79 Å². The molecule has 6 nitrogen and oxygen atoms in total. The number of anilines is 1. The van der Waals surface area contributed by atoms with Gasteiger partial charge in [0, 0.05) is 18.7 Å². The van der Waals surface area contributed by atoms with Crippen molar-refractivity contribution in [3.05, 3.63) is 29.8 Å². The van der Waals surface area contributed by atoms with Crippen LogP contribution in [0.15, 0.2) is 24.3 Å². The molecule has 0 aliphatic carbocycles. The summed E-state index contributed by atoms with van der Waals surface area (Å²) in [4.78, 5) is 24.5. The Bertz CT molecular complexity index is 488. The highest BCUT2D eigenvalue weighted by atomic mass is 16.5. The molecule has 1 saturated heterocycles. The molecule has 1 atom stereocenters. The van der Waals surface area contributed by atoms with Gasteiger partial charge in [0.15, 0.2) is 0 Å². The van der Waals surface area contributed by atoms with E-state index in [0.29, 0.717) is 18.7 Å². The number of nitrogens with zero attached hydrogens (tertiary/aromatic N) is 1. The molecule has 1 aromatic rings. The van der Waals surface area contributed by atoms with Gasteiger partial charge in [-0.15, -0.1) is 0 Å². The second-order valence-electron chi connectivity index (χ2n) is 4.22. The van der Waals surface area contributed by atoms with E-state index in [1.165, 1.54) is 17.0 Å². The third kappa shape index (κ3) is 2.91. The Morgan fingerprint density at radius 2 is 2.26 bits per heavy atom. The van der Waals surface area contributed by atoms with Gasteiger partial charge in [0.05, 0.1) is 18.8 Å². The minimum atomic E-state index is -1.03. The number of amides is 1. The lowest BCUT2D eigenvalue weighted by Gasteiger charge is -2.17. The first kappa shape index (κ1) is 13.5. The summed E-state index contributed by atoms with van der Waals surface area (Å²) in [6, 6.07) is 6.24. The highest BCUT2D eigenvalue weighted by molar-refractivity contribution is 6.00. The predicted molar refractivity (Wildman–Crippen MR) is 67.2 cm³/mol. The van der Waals surface area contributed by atoms with E-state index < -0.39 is 12.1 Å². The van der Waals surface area contributed by atoms with Crippen LogP contribution in [0.4, 0.5) is 5.69 Å². The van der Waals surface area contributed by atoms with Crippen LogP contribution in [0.3, 0.4) is 0 Å². The zero-order valence-electron chi connectivity index (χ0n) is 10.3. The molecule has 0 bridgehead atoms. The molecule has 1 fully saturated rings. The predicted octanol–water partition coefficient (Wildman–Crippen LogP) is 0.499. The third-order valence-corrected chi connectivity index (χ3v) is 2.97. The lowest BCUT2D eigenvalue weighted by atomic mass is 10.2. The van der Waals surface area contributed by atoms with Crippen LogP contribution in [0.2, 0.25) is 0 Å². The molecule has 1 aliphatic heterocycles. The van der Waals surface area contributed by atoms with Gasteiger partial charge in [-0.05, 0) is 18.2 Å². The molecule has 1 aromatic carbocycles. The summed E-state index contributed by atoms with van der Waals surface area (Å²) in [6.45, 7) is 0.482. The van der Waals surface area contributed by atoms with Gasteiger partial charge < -0.3 is 19.8 Å². The number of aliphatic hydroxyl groups excluding tert-OH is 1. The van der Waals surface area contributed by atoms with Gasteiger partial charge in [-0.3, -0.25) is 4.79 Å². The standard InChI is InChI=1S/C13H15NO5/c15-6-7-19-11-4-5-14(12(11)16)10-3-1-2-9(8-10)13(17)18/h1-3,8,11,15H,4-7H2,(H,17,18). The first-order chi connectivity index (χ1) is 9.13. The third-order valence-electron chi connectivity index (χ3n) is 2.97. The Morgan fingerprint density at radius 1 is 1.47 bits per heavy atom. The van der Waals surface area contributed by atoms with Crippen molar-refractivity contribution in [1.29, 1.82) is 0 Å². The minimum Gasteiger partial charge on any atom is -0.478 e. The molecule has 1 heterocycles. The zero-order chi connectivity index (χ0) is 13.8. The Hall–Kier alpha value is -1.92. The lowest BCUT2D eigenvalue weighted by molar-refractivity contribution is -0.127. The van der Waals surface area contributed by atoms with Crippen molar-refractivity contribution in [3.8, 4) is 0 Å². The molecule has 0 aromatic heterocycles. The number of carbonyl (C=O) groups is 2. The van der Waals surface area contributed by atoms with Crippen molar-refractivity contribution in [1.82, 2.24) is 0 Å². The number of hydrogen-bond acceptors (Lipinski definition) is 4. The fourth-order valence-corrected chi connectivity index (χ4v) is 2.07. The van der Waals surface area contributed by atoms with Crippen LogP contribution in [0, 0.1) is 0 Å². The largest absolute Gasteiger partial charge is 0.478 e. The number of rotatable bonds is 5. The molecule has 6 heteroatoms. The highest BCUT2D eigenvalue weighted by Crippen LogP contribution is 2.24. The van der Waals surface area contributed by atoms with Crippen molar-refractivity contribution in [2.75, 3.05) is 24.7 Å². The van der Waals surface area contributed by atoms with Crippen LogP contribution in [-0.4, -0.2) is 48.0 Å². The zero-order valence-corrected chi connectivity index (χ0v) is 10.3. The molecule has 102 valence electrons. The van der Waals surface area contributed by atoms with E-state index in [0.717, 1.165) is 0 Å². The van der Waals surface area contributed by atoms with Crippen LogP contribution in [0.25, 0.3) is 0 Å². The number of carbonyl (C=O) groups excluding carboxylic acids is 1. The number of hydrogen-bond donors (Lipinski definition) is 2. The van der Waals surface area contributed by atoms with E-state index in [4.69, 9.17) is 14.9 Å². The van der Waals surface area contributed by atoms with Gasteiger partial charge >= 0.3 is 5.97 Å². The minimum absolute atomic E-state index is 0.124. The van der Waals surface area contributed by atoms with Crippen LogP contribution in [-0.2, 0) is 9.53 Å². The maximum atomic E-state index is 12.1. The summed E-state index contributed by atoms with van der Waals surface area (Å²) in [5.74, 6) is -1.22. The molecule has 0 spiro atoms. The average Bonchev–Trinajstić information content (AvgIpc) is 2.78. The molecule has 1 aliphatic rings. The molecule has 2 rings (SSSR count). The summed E-state index contributed by atoms with van der Waals surface area (Å²) in [5, 5.41) is 17.6. The van der Waals surface area contributed by atoms with Crippen LogP contribution in [0.5, 0.6) is 0 Å². The monoisotopic (exact) mass is 265 g/mol. The number of ether oxygens (including phenoxy) is 1. The van der Waals surface area contributed by atoms with Crippen LogP contribution < -0.4 is 4.90 Å². The SMILES string of the molecule is O=C(O)c1cccc(N2CCC(OCCO)C2=O)c1. The maximum Gasteiger partial charge on any atom is 0.335 e. The van der Waals surface area contributed by atoms with Gasteiger partial charge in [-0.2, -0.15) is 0 Å².